The van der Waals surface area contributed by atoms with Crippen LogP contribution in [0.25, 0.3) is 11.3 Å². The fourth-order valence-electron chi connectivity index (χ4n) is 1.79. The van der Waals surface area contributed by atoms with E-state index in [1.807, 2.05) is 0 Å². The maximum Gasteiger partial charge on any atom is 0.374 e. The van der Waals surface area contributed by atoms with Crippen LogP contribution >= 0.6 is 0 Å². The highest BCUT2D eigenvalue weighted by Gasteiger charge is 2.21. The lowest BCUT2D eigenvalue weighted by molar-refractivity contribution is -0.384. The van der Waals surface area contributed by atoms with Gasteiger partial charge in [0, 0.05) is 0 Å². The maximum absolute atomic E-state index is 11.5. The van der Waals surface area contributed by atoms with E-state index in [0.717, 1.165) is 0 Å². The molecule has 0 aliphatic heterocycles. The van der Waals surface area contributed by atoms with Gasteiger partial charge in [0.15, 0.2) is 0 Å². The van der Waals surface area contributed by atoms with Gasteiger partial charge in [-0.1, -0.05) is 0 Å². The predicted octanol–water partition coefficient (Wildman–Crippen LogP) is 3.04. The molecule has 7 nitrogen and oxygen atoms in total. The number of nitro benzene ring substituents is 1. The van der Waals surface area contributed by atoms with Crippen LogP contribution in [0.1, 0.15) is 17.5 Å². The van der Waals surface area contributed by atoms with Gasteiger partial charge in [-0.15, -0.1) is 0 Å². The van der Waals surface area contributed by atoms with E-state index in [-0.39, 0.29) is 29.4 Å². The van der Waals surface area contributed by atoms with Gasteiger partial charge in [-0.2, -0.15) is 0 Å². The van der Waals surface area contributed by atoms with Crippen molar-refractivity contribution in [1.29, 1.82) is 0 Å². The van der Waals surface area contributed by atoms with Crippen LogP contribution in [0.2, 0.25) is 0 Å². The molecule has 7 heteroatoms. The molecule has 1 heterocycles. The van der Waals surface area contributed by atoms with Crippen LogP contribution in [0, 0.1) is 10.1 Å². The number of carbonyl (C=O) groups is 1. The Balaban J connectivity index is 2.42. The summed E-state index contributed by atoms with van der Waals surface area (Å²) in [5.41, 5.74) is 0.0930. The normalized spacial score (nSPS) is 10.2. The van der Waals surface area contributed by atoms with E-state index in [1.165, 1.54) is 31.4 Å². The van der Waals surface area contributed by atoms with Gasteiger partial charge in [-0.05, 0) is 31.2 Å². The predicted molar refractivity (Wildman–Crippen MR) is 73.3 cm³/mol. The summed E-state index contributed by atoms with van der Waals surface area (Å²) in [5, 5.41) is 11.1. The van der Waals surface area contributed by atoms with E-state index in [0.29, 0.717) is 5.75 Å². The van der Waals surface area contributed by atoms with Gasteiger partial charge in [0.1, 0.15) is 11.5 Å². The van der Waals surface area contributed by atoms with Crippen molar-refractivity contribution in [3.05, 3.63) is 46.2 Å². The molecule has 2 rings (SSSR count). The van der Waals surface area contributed by atoms with Crippen molar-refractivity contribution in [2.24, 2.45) is 0 Å². The fourth-order valence-corrected chi connectivity index (χ4v) is 1.79. The number of carbonyl (C=O) groups excluding carboxylic acids is 1. The number of nitrogens with zero attached hydrogens (tertiary/aromatic N) is 1. The molecule has 0 spiro atoms. The summed E-state index contributed by atoms with van der Waals surface area (Å²) in [4.78, 5) is 22.1. The third-order valence-electron chi connectivity index (χ3n) is 2.75. The number of hydrogen-bond donors (Lipinski definition) is 0. The van der Waals surface area contributed by atoms with E-state index in [4.69, 9.17) is 13.9 Å². The molecule has 0 saturated carbocycles. The van der Waals surface area contributed by atoms with E-state index < -0.39 is 10.9 Å². The quantitative estimate of drug-likeness (QED) is 0.477. The zero-order valence-electron chi connectivity index (χ0n) is 11.5. The lowest BCUT2D eigenvalue weighted by Gasteiger charge is -2.03. The maximum atomic E-state index is 11.5. The summed E-state index contributed by atoms with van der Waals surface area (Å²) < 4.78 is 15.1. The van der Waals surface area contributed by atoms with Gasteiger partial charge in [-0.25, -0.2) is 4.79 Å². The second kappa shape index (κ2) is 6.08. The Morgan fingerprint density at radius 2 is 2.10 bits per heavy atom. The second-order valence-electron chi connectivity index (χ2n) is 4.02. The van der Waals surface area contributed by atoms with Gasteiger partial charge in [0.2, 0.25) is 5.76 Å². The van der Waals surface area contributed by atoms with E-state index in [2.05, 4.69) is 0 Å². The minimum atomic E-state index is -0.611. The zero-order valence-corrected chi connectivity index (χ0v) is 11.5. The van der Waals surface area contributed by atoms with Crippen LogP contribution in [0.15, 0.2) is 34.7 Å². The lowest BCUT2D eigenvalue weighted by Crippen LogP contribution is -2.02. The van der Waals surface area contributed by atoms with Crippen LogP contribution in [0.4, 0.5) is 5.69 Å². The first-order valence-electron chi connectivity index (χ1n) is 6.16. The van der Waals surface area contributed by atoms with Crippen molar-refractivity contribution in [2.75, 3.05) is 13.7 Å². The van der Waals surface area contributed by atoms with Crippen molar-refractivity contribution >= 4 is 11.7 Å². The molecule has 0 bridgehead atoms. The molecular weight excluding hydrogens is 278 g/mol. The van der Waals surface area contributed by atoms with Crippen molar-refractivity contribution < 1.29 is 23.6 Å². The highest BCUT2D eigenvalue weighted by Crippen LogP contribution is 2.34. The van der Waals surface area contributed by atoms with E-state index >= 15 is 0 Å². The summed E-state index contributed by atoms with van der Waals surface area (Å²) in [6.07, 6.45) is 0. The molecule has 0 saturated heterocycles. The molecule has 0 aliphatic carbocycles. The average Bonchev–Trinajstić information content (AvgIpc) is 2.96. The zero-order chi connectivity index (χ0) is 15.4. The van der Waals surface area contributed by atoms with E-state index in [1.54, 1.807) is 13.0 Å². The second-order valence-corrected chi connectivity index (χ2v) is 4.02. The van der Waals surface area contributed by atoms with Crippen molar-refractivity contribution in [3.8, 4) is 17.1 Å². The van der Waals surface area contributed by atoms with Gasteiger partial charge < -0.3 is 13.9 Å². The summed E-state index contributed by atoms with van der Waals surface area (Å²) >= 11 is 0. The van der Waals surface area contributed by atoms with Gasteiger partial charge in [-0.3, -0.25) is 10.1 Å². The molecular formula is C14H13NO6. The molecule has 1 aromatic heterocycles. The van der Waals surface area contributed by atoms with Crippen LogP contribution in [-0.4, -0.2) is 24.6 Å². The van der Waals surface area contributed by atoms with Crippen molar-refractivity contribution in [1.82, 2.24) is 0 Å². The molecule has 110 valence electrons. The van der Waals surface area contributed by atoms with Gasteiger partial charge in [0.05, 0.1) is 30.3 Å². The fraction of sp³-hybridized carbons (Fsp3) is 0.214. The number of nitro groups is 1. The highest BCUT2D eigenvalue weighted by atomic mass is 16.6. The molecule has 1 aromatic carbocycles. The Labute approximate surface area is 120 Å². The topological polar surface area (TPSA) is 91.8 Å². The van der Waals surface area contributed by atoms with Crippen LogP contribution in [0.3, 0.4) is 0 Å². The summed E-state index contributed by atoms with van der Waals surface area (Å²) in [6, 6.07) is 7.28. The van der Waals surface area contributed by atoms with Crippen molar-refractivity contribution in [3.63, 3.8) is 0 Å². The van der Waals surface area contributed by atoms with Crippen LogP contribution in [0.5, 0.6) is 5.75 Å². The number of hydrogen-bond acceptors (Lipinski definition) is 6. The monoisotopic (exact) mass is 291 g/mol. The first-order valence-corrected chi connectivity index (χ1v) is 6.16. The molecule has 0 fully saturated rings. The lowest BCUT2D eigenvalue weighted by atomic mass is 10.1. The number of methoxy groups -OCH3 is 1. The van der Waals surface area contributed by atoms with Crippen LogP contribution < -0.4 is 4.74 Å². The molecule has 2 aromatic rings. The smallest absolute Gasteiger partial charge is 0.374 e. The molecule has 0 atom stereocenters. The Hall–Kier alpha value is -2.83. The van der Waals surface area contributed by atoms with E-state index in [9.17, 15) is 14.9 Å². The van der Waals surface area contributed by atoms with Crippen LogP contribution in [-0.2, 0) is 4.74 Å². The van der Waals surface area contributed by atoms with Crippen molar-refractivity contribution in [2.45, 2.75) is 6.92 Å². The SMILES string of the molecule is CCOC(=O)c1ccc(-c2ccc(OC)cc2[N+](=O)[O-])o1. The summed E-state index contributed by atoms with van der Waals surface area (Å²) in [6.45, 7) is 1.90. The third kappa shape index (κ3) is 3.02. The number of benzene rings is 1. The Morgan fingerprint density at radius 1 is 1.33 bits per heavy atom. The first kappa shape index (κ1) is 14.6. The Bertz CT molecular complexity index is 676. The molecule has 0 unspecified atom stereocenters. The number of ether oxygens (including phenoxy) is 2. The molecule has 0 amide bonds. The standard InChI is InChI=1S/C14H13NO6/c1-3-20-14(16)13-7-6-12(21-13)10-5-4-9(19-2)8-11(10)15(17)18/h4-8H,3H2,1-2H3. The largest absolute Gasteiger partial charge is 0.497 e. The molecule has 0 aliphatic rings. The minimum absolute atomic E-state index is 0.00281. The highest BCUT2D eigenvalue weighted by molar-refractivity contribution is 5.87. The molecule has 0 N–H and O–H groups in total. The summed E-state index contributed by atoms with van der Waals surface area (Å²) in [7, 11) is 1.42. The number of furan rings is 1. The van der Waals surface area contributed by atoms with Gasteiger partial charge >= 0.3 is 5.97 Å². The Morgan fingerprint density at radius 3 is 2.71 bits per heavy atom. The van der Waals surface area contributed by atoms with Gasteiger partial charge in [0.25, 0.3) is 5.69 Å². The summed E-state index contributed by atoms with van der Waals surface area (Å²) in [5.74, 6) is -0.0353. The third-order valence-corrected chi connectivity index (χ3v) is 2.75. The average molecular weight is 291 g/mol. The molecule has 21 heavy (non-hydrogen) atoms. The number of esters is 1. The molecule has 0 radical (unpaired) electrons. The minimum Gasteiger partial charge on any atom is -0.497 e. The first-order chi connectivity index (χ1) is 10.1. The number of rotatable bonds is 5. The Kier molecular flexibility index (Phi) is 4.22.